The Morgan fingerprint density at radius 3 is 2.45 bits per heavy atom. The van der Waals surface area contributed by atoms with Crippen LogP contribution in [0.5, 0.6) is 11.5 Å². The van der Waals surface area contributed by atoms with E-state index in [0.717, 1.165) is 0 Å². The Kier molecular flexibility index (Phi) is 12.9. The summed E-state index contributed by atoms with van der Waals surface area (Å²) in [6, 6.07) is 11.2. The lowest BCUT2D eigenvalue weighted by Gasteiger charge is -2.23. The van der Waals surface area contributed by atoms with E-state index in [1.165, 1.54) is 0 Å². The summed E-state index contributed by atoms with van der Waals surface area (Å²) >= 11 is 6.15. The molecule has 2 atom stereocenters. The maximum atomic E-state index is 15.1. The van der Waals surface area contributed by atoms with Gasteiger partial charge in [0.15, 0.2) is 11.6 Å². The van der Waals surface area contributed by atoms with Crippen molar-refractivity contribution < 1.29 is 13.9 Å². The second kappa shape index (κ2) is 13.6. The van der Waals surface area contributed by atoms with Gasteiger partial charge in [-0.3, -0.25) is 10.1 Å². The van der Waals surface area contributed by atoms with Crippen LogP contribution in [0.3, 0.4) is 0 Å². The molecule has 0 aliphatic carbocycles. The molecule has 1 unspecified atom stereocenters. The lowest BCUT2D eigenvalue weighted by molar-refractivity contribution is -0.122. The number of carbonyl (C=O) groups is 1. The van der Waals surface area contributed by atoms with Crippen molar-refractivity contribution in [3.63, 3.8) is 0 Å². The zero-order valence-corrected chi connectivity index (χ0v) is 18.7. The fourth-order valence-corrected chi connectivity index (χ4v) is 2.85. The van der Waals surface area contributed by atoms with Crippen LogP contribution in [-0.2, 0) is 4.79 Å². The number of halogens is 4. The topological polar surface area (TPSA) is 76.4 Å². The van der Waals surface area contributed by atoms with Gasteiger partial charge >= 0.3 is 0 Å². The normalized spacial score (nSPS) is 12.2. The molecule has 2 aromatic rings. The first-order chi connectivity index (χ1) is 13.0. The van der Waals surface area contributed by atoms with Gasteiger partial charge < -0.3 is 15.8 Å². The molecule has 0 bridgehead atoms. The van der Waals surface area contributed by atoms with Gasteiger partial charge in [0.05, 0.1) is 11.1 Å². The minimum atomic E-state index is -0.541. The fraction of sp³-hybridized carbons (Fsp3) is 0.350. The van der Waals surface area contributed by atoms with E-state index in [1.807, 2.05) is 13.0 Å². The van der Waals surface area contributed by atoms with E-state index in [9.17, 15) is 4.79 Å². The molecule has 0 saturated carbocycles. The molecule has 1 amide bonds. The summed E-state index contributed by atoms with van der Waals surface area (Å²) in [4.78, 5) is 12.1. The Balaban J connectivity index is 0.00000392. The van der Waals surface area contributed by atoms with Crippen LogP contribution < -0.4 is 21.1 Å². The second-order valence-corrected chi connectivity index (χ2v) is 6.53. The molecule has 0 heterocycles. The van der Waals surface area contributed by atoms with Crippen LogP contribution in [0.25, 0.3) is 0 Å². The summed E-state index contributed by atoms with van der Waals surface area (Å²) in [6.45, 7) is 4.39. The number of hydrogen-bond acceptors (Lipinski definition) is 4. The molecule has 0 aromatic heterocycles. The van der Waals surface area contributed by atoms with Crippen LogP contribution in [0, 0.1) is 5.82 Å². The molecule has 2 rings (SSSR count). The molecule has 2 aromatic carbocycles. The minimum absolute atomic E-state index is 0. The lowest BCUT2D eigenvalue weighted by atomic mass is 10.0. The number of carbonyl (C=O) groups excluding carboxylic acids is 1. The van der Waals surface area contributed by atoms with Crippen LogP contribution in [0.2, 0.25) is 5.02 Å². The van der Waals surface area contributed by atoms with Crippen molar-refractivity contribution in [2.75, 3.05) is 13.1 Å². The third-order valence-corrected chi connectivity index (χ3v) is 4.41. The molecular formula is C20H27Cl3FN3O2. The highest BCUT2D eigenvalue weighted by Crippen LogP contribution is 2.36. The van der Waals surface area contributed by atoms with E-state index in [4.69, 9.17) is 22.1 Å². The van der Waals surface area contributed by atoms with E-state index in [2.05, 4.69) is 10.6 Å². The third kappa shape index (κ3) is 7.64. The maximum absolute atomic E-state index is 15.1. The molecule has 162 valence electrons. The zero-order chi connectivity index (χ0) is 19.8. The van der Waals surface area contributed by atoms with Gasteiger partial charge in [-0.15, -0.1) is 24.8 Å². The van der Waals surface area contributed by atoms with Crippen molar-refractivity contribution in [2.45, 2.75) is 32.4 Å². The number of hydrogen-bond donors (Lipinski definition) is 3. The molecule has 29 heavy (non-hydrogen) atoms. The number of benzene rings is 2. The lowest BCUT2D eigenvalue weighted by Crippen LogP contribution is -2.45. The smallest absolute Gasteiger partial charge is 0.236 e. The molecule has 0 saturated heterocycles. The van der Waals surface area contributed by atoms with E-state index < -0.39 is 11.9 Å². The molecule has 0 spiro atoms. The summed E-state index contributed by atoms with van der Waals surface area (Å²) in [5.41, 5.74) is 5.79. The summed E-state index contributed by atoms with van der Waals surface area (Å²) in [6.07, 6.45) is 0.581. The van der Waals surface area contributed by atoms with Gasteiger partial charge in [0.25, 0.3) is 0 Å². The Bertz CT molecular complexity index is 766. The van der Waals surface area contributed by atoms with E-state index in [-0.39, 0.29) is 47.5 Å². The van der Waals surface area contributed by atoms with E-state index in [1.54, 1.807) is 43.3 Å². The van der Waals surface area contributed by atoms with Gasteiger partial charge in [-0.2, -0.15) is 0 Å². The quantitative estimate of drug-likeness (QED) is 0.504. The standard InChI is InChI=1S/C20H25ClFN3O2.2ClH/c1-3-17(25-13(2)20(26)24-12-11-23)15-9-10-16(21)19(18(15)22)27-14-7-5-4-6-8-14;;/h4-10,13,17,25H,3,11-12,23H2,1-2H3,(H,24,26);2*1H/t13-,17?;;/m0../s1. The van der Waals surface area contributed by atoms with Crippen molar-refractivity contribution in [3.05, 3.63) is 58.9 Å². The number of amides is 1. The van der Waals surface area contributed by atoms with Crippen molar-refractivity contribution in [1.82, 2.24) is 10.6 Å². The first-order valence-electron chi connectivity index (χ1n) is 8.92. The predicted octanol–water partition coefficient (Wildman–Crippen LogP) is 4.62. The average Bonchev–Trinajstić information content (AvgIpc) is 2.68. The Hall–Kier alpha value is -1.57. The molecule has 0 radical (unpaired) electrons. The molecule has 0 fully saturated rings. The second-order valence-electron chi connectivity index (χ2n) is 6.12. The average molecular weight is 467 g/mol. The largest absolute Gasteiger partial charge is 0.453 e. The van der Waals surface area contributed by atoms with Crippen molar-refractivity contribution in [1.29, 1.82) is 0 Å². The summed E-state index contributed by atoms with van der Waals surface area (Å²) in [5, 5.41) is 6.05. The summed E-state index contributed by atoms with van der Waals surface area (Å²) < 4.78 is 20.8. The fourth-order valence-electron chi connectivity index (χ4n) is 2.67. The highest BCUT2D eigenvalue weighted by atomic mass is 35.5. The monoisotopic (exact) mass is 465 g/mol. The van der Waals surface area contributed by atoms with Gasteiger partial charge in [0.1, 0.15) is 5.75 Å². The maximum Gasteiger partial charge on any atom is 0.236 e. The van der Waals surface area contributed by atoms with Crippen molar-refractivity contribution in [3.8, 4) is 11.5 Å². The third-order valence-electron chi connectivity index (χ3n) is 4.11. The number of ether oxygens (including phenoxy) is 1. The summed E-state index contributed by atoms with van der Waals surface area (Å²) in [5.74, 6) is -0.263. The van der Waals surface area contributed by atoms with Crippen LogP contribution in [-0.4, -0.2) is 25.0 Å². The van der Waals surface area contributed by atoms with Gasteiger partial charge in [-0.25, -0.2) is 4.39 Å². The van der Waals surface area contributed by atoms with E-state index >= 15 is 4.39 Å². The molecular weight excluding hydrogens is 440 g/mol. The highest BCUT2D eigenvalue weighted by Gasteiger charge is 2.23. The summed E-state index contributed by atoms with van der Waals surface area (Å²) in [7, 11) is 0. The number of nitrogens with two attached hydrogens (primary N) is 1. The molecule has 5 nitrogen and oxygen atoms in total. The molecule has 0 aliphatic rings. The Labute approximate surface area is 188 Å². The van der Waals surface area contributed by atoms with Crippen LogP contribution in [0.1, 0.15) is 31.9 Å². The first kappa shape index (κ1) is 27.4. The Morgan fingerprint density at radius 2 is 1.86 bits per heavy atom. The first-order valence-corrected chi connectivity index (χ1v) is 9.30. The van der Waals surface area contributed by atoms with Crippen LogP contribution in [0.15, 0.2) is 42.5 Å². The van der Waals surface area contributed by atoms with Gasteiger partial charge in [-0.05, 0) is 31.5 Å². The highest BCUT2D eigenvalue weighted by molar-refractivity contribution is 6.32. The Morgan fingerprint density at radius 1 is 1.21 bits per heavy atom. The van der Waals surface area contributed by atoms with Gasteiger partial charge in [0, 0.05) is 24.7 Å². The number of nitrogens with one attached hydrogen (secondary N) is 2. The minimum Gasteiger partial charge on any atom is -0.453 e. The SMILES string of the molecule is CCC(N[C@@H](C)C(=O)NCCN)c1ccc(Cl)c(Oc2ccccc2)c1F.Cl.Cl. The predicted molar refractivity (Wildman–Crippen MR) is 120 cm³/mol. The molecule has 9 heteroatoms. The van der Waals surface area contributed by atoms with Gasteiger partial charge in [-0.1, -0.05) is 42.8 Å². The molecule has 4 N–H and O–H groups in total. The zero-order valence-electron chi connectivity index (χ0n) is 16.3. The van der Waals surface area contributed by atoms with Crippen molar-refractivity contribution >= 4 is 42.3 Å². The van der Waals surface area contributed by atoms with E-state index in [0.29, 0.717) is 30.8 Å². The van der Waals surface area contributed by atoms with Gasteiger partial charge in [0.2, 0.25) is 5.91 Å². The van der Waals surface area contributed by atoms with Crippen LogP contribution in [0.4, 0.5) is 4.39 Å². The van der Waals surface area contributed by atoms with Crippen LogP contribution >= 0.6 is 36.4 Å². The number of rotatable bonds is 9. The molecule has 0 aliphatic heterocycles. The number of para-hydroxylation sites is 1. The van der Waals surface area contributed by atoms with Crippen molar-refractivity contribution in [2.24, 2.45) is 5.73 Å².